The summed E-state index contributed by atoms with van der Waals surface area (Å²) in [7, 11) is 0. The molecule has 74 valence electrons. The minimum atomic E-state index is -0.225. The van der Waals surface area contributed by atoms with Gasteiger partial charge in [0.2, 0.25) is 0 Å². The number of halogens is 1. The van der Waals surface area contributed by atoms with E-state index in [1.165, 1.54) is 0 Å². The fourth-order valence-electron chi connectivity index (χ4n) is 1.03. The lowest BCUT2D eigenvalue weighted by Crippen LogP contribution is -2.16. The van der Waals surface area contributed by atoms with Gasteiger partial charge < -0.3 is 10.4 Å². The Bertz CT molecular complexity index is 70.9. The number of nitrogens with one attached hydrogen (secondary N) is 1. The van der Waals surface area contributed by atoms with Crippen LogP contribution < -0.4 is 5.32 Å². The van der Waals surface area contributed by atoms with Crippen LogP contribution in [0.2, 0.25) is 0 Å². The maximum absolute atomic E-state index is 11.6. The second kappa shape index (κ2) is 10.8. The molecule has 12 heavy (non-hydrogen) atoms. The van der Waals surface area contributed by atoms with Gasteiger partial charge >= 0.3 is 0 Å². The van der Waals surface area contributed by atoms with E-state index in [1.54, 1.807) is 0 Å². The van der Waals surface area contributed by atoms with Gasteiger partial charge in [0.05, 0.1) is 6.67 Å². The SMILES string of the molecule is OCCCCCCNCCCF. The number of alkyl halides is 1. The fraction of sp³-hybridized carbons (Fsp3) is 1.00. The smallest absolute Gasteiger partial charge is 0.0906 e. The Hall–Kier alpha value is -0.150. The van der Waals surface area contributed by atoms with Crippen LogP contribution in [-0.4, -0.2) is 31.5 Å². The molecule has 0 rings (SSSR count). The van der Waals surface area contributed by atoms with Crippen LogP contribution in [0.1, 0.15) is 32.1 Å². The quantitative estimate of drug-likeness (QED) is 0.523. The summed E-state index contributed by atoms with van der Waals surface area (Å²) in [5, 5.41) is 11.6. The predicted molar refractivity (Wildman–Crippen MR) is 49.0 cm³/mol. The molecule has 0 aliphatic carbocycles. The molecular formula is C9H20FNO. The van der Waals surface area contributed by atoms with Gasteiger partial charge in [-0.25, -0.2) is 0 Å². The number of hydrogen-bond donors (Lipinski definition) is 2. The molecule has 0 aromatic carbocycles. The van der Waals surface area contributed by atoms with Crippen LogP contribution in [-0.2, 0) is 0 Å². The number of aliphatic hydroxyl groups is 1. The van der Waals surface area contributed by atoms with Gasteiger partial charge in [-0.2, -0.15) is 0 Å². The highest BCUT2D eigenvalue weighted by Crippen LogP contribution is 1.97. The molecule has 0 atom stereocenters. The zero-order valence-corrected chi connectivity index (χ0v) is 7.69. The van der Waals surface area contributed by atoms with Gasteiger partial charge in [-0.05, 0) is 32.4 Å². The molecule has 2 nitrogen and oxygen atoms in total. The van der Waals surface area contributed by atoms with Crippen molar-refractivity contribution in [3.05, 3.63) is 0 Å². The van der Waals surface area contributed by atoms with Crippen LogP contribution in [0.25, 0.3) is 0 Å². The lowest BCUT2D eigenvalue weighted by atomic mass is 10.2. The molecule has 3 heteroatoms. The van der Waals surface area contributed by atoms with Gasteiger partial charge in [-0.3, -0.25) is 4.39 Å². The third kappa shape index (κ3) is 9.85. The molecule has 0 heterocycles. The van der Waals surface area contributed by atoms with Gasteiger partial charge in [-0.15, -0.1) is 0 Å². The summed E-state index contributed by atoms with van der Waals surface area (Å²) >= 11 is 0. The van der Waals surface area contributed by atoms with Crippen LogP contribution in [0.4, 0.5) is 4.39 Å². The van der Waals surface area contributed by atoms with Crippen LogP contribution in [0.15, 0.2) is 0 Å². The van der Waals surface area contributed by atoms with Crippen molar-refractivity contribution in [3.63, 3.8) is 0 Å². The number of hydrogen-bond acceptors (Lipinski definition) is 2. The molecular weight excluding hydrogens is 157 g/mol. The topological polar surface area (TPSA) is 32.3 Å². The highest BCUT2D eigenvalue weighted by Gasteiger charge is 1.89. The van der Waals surface area contributed by atoms with Gasteiger partial charge in [0.15, 0.2) is 0 Å². The molecule has 0 bridgehead atoms. The summed E-state index contributed by atoms with van der Waals surface area (Å²) < 4.78 is 11.6. The summed E-state index contributed by atoms with van der Waals surface area (Å²) in [6, 6.07) is 0. The molecule has 2 N–H and O–H groups in total. The van der Waals surface area contributed by atoms with E-state index in [9.17, 15) is 4.39 Å². The first kappa shape index (κ1) is 11.8. The molecule has 0 fully saturated rings. The Labute approximate surface area is 74.2 Å². The zero-order chi connectivity index (χ0) is 9.07. The fourth-order valence-corrected chi connectivity index (χ4v) is 1.03. The molecule has 0 aliphatic heterocycles. The summed E-state index contributed by atoms with van der Waals surface area (Å²) in [6.07, 6.45) is 4.91. The largest absolute Gasteiger partial charge is 0.396 e. The lowest BCUT2D eigenvalue weighted by molar-refractivity contribution is 0.282. The van der Waals surface area contributed by atoms with E-state index in [-0.39, 0.29) is 6.67 Å². The van der Waals surface area contributed by atoms with Crippen LogP contribution in [0.5, 0.6) is 0 Å². The molecule has 0 aromatic heterocycles. The van der Waals surface area contributed by atoms with Crippen LogP contribution in [0.3, 0.4) is 0 Å². The zero-order valence-electron chi connectivity index (χ0n) is 7.69. The monoisotopic (exact) mass is 177 g/mol. The summed E-state index contributed by atoms with van der Waals surface area (Å²) in [4.78, 5) is 0. The molecule has 0 unspecified atom stereocenters. The maximum atomic E-state index is 11.6. The Morgan fingerprint density at radius 3 is 2.25 bits per heavy atom. The van der Waals surface area contributed by atoms with Crippen molar-refractivity contribution in [1.82, 2.24) is 5.32 Å². The maximum Gasteiger partial charge on any atom is 0.0906 e. The molecule has 0 aromatic rings. The van der Waals surface area contributed by atoms with Crippen molar-refractivity contribution in [2.45, 2.75) is 32.1 Å². The summed E-state index contributed by atoms with van der Waals surface area (Å²) in [5.41, 5.74) is 0. The number of rotatable bonds is 9. The first-order chi connectivity index (χ1) is 5.91. The predicted octanol–water partition coefficient (Wildman–Crippen LogP) is 1.49. The molecule has 0 aliphatic rings. The highest BCUT2D eigenvalue weighted by atomic mass is 19.1. The molecule has 0 saturated heterocycles. The van der Waals surface area contributed by atoms with E-state index >= 15 is 0 Å². The highest BCUT2D eigenvalue weighted by molar-refractivity contribution is 4.48. The normalized spacial score (nSPS) is 10.5. The standard InChI is InChI=1S/C9H20FNO/c10-6-5-8-11-7-3-1-2-4-9-12/h11-12H,1-9H2. The Kier molecular flexibility index (Phi) is 10.7. The Morgan fingerprint density at radius 1 is 0.917 bits per heavy atom. The van der Waals surface area contributed by atoms with Crippen molar-refractivity contribution in [1.29, 1.82) is 0 Å². The van der Waals surface area contributed by atoms with Crippen molar-refractivity contribution in [3.8, 4) is 0 Å². The van der Waals surface area contributed by atoms with Gasteiger partial charge in [0.25, 0.3) is 0 Å². The summed E-state index contributed by atoms with van der Waals surface area (Å²) in [5.74, 6) is 0. The van der Waals surface area contributed by atoms with Crippen LogP contribution >= 0.6 is 0 Å². The van der Waals surface area contributed by atoms with E-state index in [0.717, 1.165) is 38.8 Å². The van der Waals surface area contributed by atoms with Crippen molar-refractivity contribution < 1.29 is 9.50 Å². The molecule has 0 saturated carbocycles. The van der Waals surface area contributed by atoms with Crippen molar-refractivity contribution in [2.75, 3.05) is 26.4 Å². The second-order valence-corrected chi connectivity index (χ2v) is 2.93. The van der Waals surface area contributed by atoms with E-state index < -0.39 is 0 Å². The van der Waals surface area contributed by atoms with Crippen molar-refractivity contribution >= 4 is 0 Å². The van der Waals surface area contributed by atoms with Gasteiger partial charge in [0, 0.05) is 6.61 Å². The summed E-state index contributed by atoms with van der Waals surface area (Å²) in [6.45, 7) is 1.84. The van der Waals surface area contributed by atoms with Crippen LogP contribution in [0, 0.1) is 0 Å². The van der Waals surface area contributed by atoms with Gasteiger partial charge in [0.1, 0.15) is 0 Å². The third-order valence-corrected chi connectivity index (χ3v) is 1.75. The first-order valence-electron chi connectivity index (χ1n) is 4.79. The number of aliphatic hydroxyl groups excluding tert-OH is 1. The molecule has 0 radical (unpaired) electrons. The Balaban J connectivity index is 2.73. The molecule has 0 amide bonds. The Morgan fingerprint density at radius 2 is 1.58 bits per heavy atom. The lowest BCUT2D eigenvalue weighted by Gasteiger charge is -2.02. The van der Waals surface area contributed by atoms with Gasteiger partial charge in [-0.1, -0.05) is 12.8 Å². The minimum absolute atomic E-state index is 0.225. The molecule has 0 spiro atoms. The third-order valence-electron chi connectivity index (χ3n) is 1.75. The van der Waals surface area contributed by atoms with E-state index in [1.807, 2.05) is 0 Å². The minimum Gasteiger partial charge on any atom is -0.396 e. The second-order valence-electron chi connectivity index (χ2n) is 2.93. The average molecular weight is 177 g/mol. The average Bonchev–Trinajstić information content (AvgIpc) is 2.10. The first-order valence-corrected chi connectivity index (χ1v) is 4.79. The van der Waals surface area contributed by atoms with E-state index in [2.05, 4.69) is 5.32 Å². The number of unbranched alkanes of at least 4 members (excludes halogenated alkanes) is 3. The van der Waals surface area contributed by atoms with E-state index in [4.69, 9.17) is 5.11 Å². The van der Waals surface area contributed by atoms with E-state index in [0.29, 0.717) is 13.0 Å². The van der Waals surface area contributed by atoms with Crippen molar-refractivity contribution in [2.24, 2.45) is 0 Å².